The average molecular weight is 382 g/mol. The van der Waals surface area contributed by atoms with Gasteiger partial charge in [0.05, 0.1) is 18.3 Å². The summed E-state index contributed by atoms with van der Waals surface area (Å²) >= 11 is 3.41. The van der Waals surface area contributed by atoms with E-state index in [2.05, 4.69) is 31.5 Å². The first-order valence-electron chi connectivity index (χ1n) is 7.51. The Kier molecular flexibility index (Phi) is 5.23. The Hall–Kier alpha value is -2.66. The van der Waals surface area contributed by atoms with E-state index in [1.54, 1.807) is 12.3 Å². The van der Waals surface area contributed by atoms with Crippen LogP contribution in [0.4, 0.5) is 17.2 Å². The van der Waals surface area contributed by atoms with Gasteiger partial charge in [0.25, 0.3) is 0 Å². The van der Waals surface area contributed by atoms with Crippen LogP contribution >= 0.6 is 15.9 Å². The number of aromatic nitrogens is 1. The van der Waals surface area contributed by atoms with Crippen molar-refractivity contribution in [2.24, 2.45) is 0 Å². The van der Waals surface area contributed by atoms with Crippen molar-refractivity contribution in [1.29, 1.82) is 0 Å². The third-order valence-corrected chi connectivity index (χ3v) is 3.90. The molecule has 2 N–H and O–H groups in total. The largest absolute Gasteiger partial charge is 0.354 e. The van der Waals surface area contributed by atoms with Crippen molar-refractivity contribution in [1.82, 2.24) is 4.98 Å². The zero-order valence-corrected chi connectivity index (χ0v) is 14.5. The molecule has 120 valence electrons. The van der Waals surface area contributed by atoms with E-state index in [0.717, 1.165) is 21.4 Å². The number of carbonyl (C=O) groups excluding carboxylic acids is 1. The maximum atomic E-state index is 12.0. The van der Waals surface area contributed by atoms with Crippen LogP contribution in [0.3, 0.4) is 0 Å². The van der Waals surface area contributed by atoms with E-state index in [-0.39, 0.29) is 5.91 Å². The molecule has 0 saturated carbocycles. The minimum absolute atomic E-state index is 0.0812. The van der Waals surface area contributed by atoms with Crippen LogP contribution in [0.15, 0.2) is 77.4 Å². The van der Waals surface area contributed by atoms with E-state index in [1.807, 2.05) is 60.7 Å². The predicted octanol–water partition coefficient (Wildman–Crippen LogP) is 4.77. The van der Waals surface area contributed by atoms with Gasteiger partial charge in [-0.1, -0.05) is 46.3 Å². The summed E-state index contributed by atoms with van der Waals surface area (Å²) in [6.07, 6.45) is 2.03. The van der Waals surface area contributed by atoms with Crippen LogP contribution in [-0.2, 0) is 11.2 Å². The highest BCUT2D eigenvalue weighted by molar-refractivity contribution is 9.10. The van der Waals surface area contributed by atoms with Crippen molar-refractivity contribution in [2.45, 2.75) is 6.42 Å². The average Bonchev–Trinajstić information content (AvgIpc) is 2.59. The fourth-order valence-electron chi connectivity index (χ4n) is 2.21. The molecule has 1 amide bonds. The molecule has 5 heteroatoms. The number of carbonyl (C=O) groups is 1. The fraction of sp³-hybridized carbons (Fsp3) is 0.0526. The lowest BCUT2D eigenvalue weighted by molar-refractivity contribution is -0.115. The van der Waals surface area contributed by atoms with Gasteiger partial charge in [0.15, 0.2) is 0 Å². The lowest BCUT2D eigenvalue weighted by Crippen LogP contribution is -2.15. The molecule has 1 heterocycles. The van der Waals surface area contributed by atoms with Gasteiger partial charge in [0.1, 0.15) is 5.82 Å². The molecule has 0 unspecified atom stereocenters. The van der Waals surface area contributed by atoms with Gasteiger partial charge in [0, 0.05) is 10.2 Å². The number of amides is 1. The number of anilines is 3. The zero-order valence-electron chi connectivity index (χ0n) is 12.9. The molecular formula is C19H16BrN3O. The maximum Gasteiger partial charge on any atom is 0.229 e. The molecule has 4 nitrogen and oxygen atoms in total. The Morgan fingerprint density at radius 2 is 1.62 bits per heavy atom. The first-order valence-corrected chi connectivity index (χ1v) is 8.31. The number of hydrogen-bond donors (Lipinski definition) is 2. The highest BCUT2D eigenvalue weighted by Crippen LogP contribution is 2.19. The molecule has 1 aromatic heterocycles. The first kappa shape index (κ1) is 16.2. The summed E-state index contributed by atoms with van der Waals surface area (Å²) in [6, 6.07) is 21.2. The van der Waals surface area contributed by atoms with E-state index >= 15 is 0 Å². The molecule has 0 spiro atoms. The monoisotopic (exact) mass is 381 g/mol. The van der Waals surface area contributed by atoms with Crippen LogP contribution in [0.25, 0.3) is 0 Å². The standard InChI is InChI=1S/C19H16BrN3O/c20-15-6-8-16(9-7-15)22-17-10-11-18(21-13-17)23-19(24)12-14-4-2-1-3-5-14/h1-11,13,22H,12H2,(H,21,23,24). The lowest BCUT2D eigenvalue weighted by Gasteiger charge is -2.08. The molecular weight excluding hydrogens is 366 g/mol. The summed E-state index contributed by atoms with van der Waals surface area (Å²) in [6.45, 7) is 0. The van der Waals surface area contributed by atoms with E-state index < -0.39 is 0 Å². The third kappa shape index (κ3) is 4.67. The Morgan fingerprint density at radius 1 is 0.917 bits per heavy atom. The van der Waals surface area contributed by atoms with Crippen molar-refractivity contribution in [3.05, 3.63) is 83.0 Å². The summed E-state index contributed by atoms with van der Waals surface area (Å²) in [5.41, 5.74) is 2.81. The Labute approximate surface area is 149 Å². The number of halogens is 1. The van der Waals surface area contributed by atoms with Crippen LogP contribution in [0.1, 0.15) is 5.56 Å². The second kappa shape index (κ2) is 7.75. The molecule has 0 saturated heterocycles. The second-order valence-electron chi connectivity index (χ2n) is 5.27. The predicted molar refractivity (Wildman–Crippen MR) is 100 cm³/mol. The van der Waals surface area contributed by atoms with Crippen LogP contribution < -0.4 is 10.6 Å². The normalized spacial score (nSPS) is 10.2. The quantitative estimate of drug-likeness (QED) is 0.669. The number of hydrogen-bond acceptors (Lipinski definition) is 3. The van der Waals surface area contributed by atoms with Gasteiger partial charge in [-0.3, -0.25) is 4.79 Å². The molecule has 0 aliphatic carbocycles. The van der Waals surface area contributed by atoms with E-state index in [4.69, 9.17) is 0 Å². The van der Waals surface area contributed by atoms with Crippen molar-refractivity contribution in [2.75, 3.05) is 10.6 Å². The fourth-order valence-corrected chi connectivity index (χ4v) is 2.47. The Balaban J connectivity index is 1.58. The summed E-state index contributed by atoms with van der Waals surface area (Å²) < 4.78 is 1.03. The smallest absolute Gasteiger partial charge is 0.229 e. The van der Waals surface area contributed by atoms with Gasteiger partial charge < -0.3 is 10.6 Å². The summed E-state index contributed by atoms with van der Waals surface area (Å²) in [4.78, 5) is 16.3. The molecule has 0 radical (unpaired) electrons. The second-order valence-corrected chi connectivity index (χ2v) is 6.19. The third-order valence-electron chi connectivity index (χ3n) is 3.37. The first-order chi connectivity index (χ1) is 11.7. The number of nitrogens with one attached hydrogen (secondary N) is 2. The van der Waals surface area contributed by atoms with Crippen LogP contribution in [0, 0.1) is 0 Å². The van der Waals surface area contributed by atoms with E-state index in [1.165, 1.54) is 0 Å². The summed E-state index contributed by atoms with van der Waals surface area (Å²) in [7, 11) is 0. The highest BCUT2D eigenvalue weighted by Gasteiger charge is 2.05. The van der Waals surface area contributed by atoms with Crippen molar-refractivity contribution < 1.29 is 4.79 Å². The van der Waals surface area contributed by atoms with E-state index in [9.17, 15) is 4.79 Å². The molecule has 24 heavy (non-hydrogen) atoms. The minimum atomic E-state index is -0.0812. The molecule has 0 aliphatic rings. The van der Waals surface area contributed by atoms with Crippen molar-refractivity contribution in [3.63, 3.8) is 0 Å². The van der Waals surface area contributed by atoms with Gasteiger partial charge in [0.2, 0.25) is 5.91 Å². The van der Waals surface area contributed by atoms with Crippen LogP contribution in [-0.4, -0.2) is 10.9 Å². The molecule has 0 aliphatic heterocycles. The van der Waals surface area contributed by atoms with Crippen molar-refractivity contribution >= 4 is 39.0 Å². The van der Waals surface area contributed by atoms with Gasteiger partial charge in [-0.15, -0.1) is 0 Å². The Morgan fingerprint density at radius 3 is 2.29 bits per heavy atom. The van der Waals surface area contributed by atoms with Gasteiger partial charge in [-0.2, -0.15) is 0 Å². The zero-order chi connectivity index (χ0) is 16.8. The van der Waals surface area contributed by atoms with Gasteiger partial charge in [-0.05, 0) is 42.0 Å². The SMILES string of the molecule is O=C(Cc1ccccc1)Nc1ccc(Nc2ccc(Br)cc2)cn1. The van der Waals surface area contributed by atoms with Gasteiger partial charge >= 0.3 is 0 Å². The topological polar surface area (TPSA) is 54.0 Å². The number of rotatable bonds is 5. The molecule has 3 aromatic rings. The molecule has 2 aromatic carbocycles. The summed E-state index contributed by atoms with van der Waals surface area (Å²) in [5.74, 6) is 0.458. The lowest BCUT2D eigenvalue weighted by atomic mass is 10.1. The molecule has 3 rings (SSSR count). The van der Waals surface area contributed by atoms with Crippen molar-refractivity contribution in [3.8, 4) is 0 Å². The molecule has 0 bridgehead atoms. The Bertz CT molecular complexity index is 802. The van der Waals surface area contributed by atoms with Crippen LogP contribution in [0.5, 0.6) is 0 Å². The van der Waals surface area contributed by atoms with Gasteiger partial charge in [-0.25, -0.2) is 4.98 Å². The molecule has 0 fully saturated rings. The van der Waals surface area contributed by atoms with E-state index in [0.29, 0.717) is 12.2 Å². The van der Waals surface area contributed by atoms with Crippen LogP contribution in [0.2, 0.25) is 0 Å². The highest BCUT2D eigenvalue weighted by atomic mass is 79.9. The number of benzene rings is 2. The minimum Gasteiger partial charge on any atom is -0.354 e. The number of pyridine rings is 1. The number of nitrogens with zero attached hydrogens (tertiary/aromatic N) is 1. The maximum absolute atomic E-state index is 12.0. The molecule has 0 atom stereocenters. The summed E-state index contributed by atoms with van der Waals surface area (Å²) in [5, 5.41) is 6.06.